The van der Waals surface area contributed by atoms with Gasteiger partial charge in [-0.3, -0.25) is 0 Å². The van der Waals surface area contributed by atoms with Crippen LogP contribution in [0.4, 0.5) is 0 Å². The van der Waals surface area contributed by atoms with Gasteiger partial charge >= 0.3 is 0 Å². The Hall–Kier alpha value is -0.120. The average Bonchev–Trinajstić information content (AvgIpc) is 2.39. The second-order valence-electron chi connectivity index (χ2n) is 3.32. The number of hydrogen-bond acceptors (Lipinski definition) is 3. The molecule has 0 aromatic rings. The van der Waals surface area contributed by atoms with Crippen LogP contribution >= 0.6 is 0 Å². The predicted octanol–water partition coefficient (Wildman–Crippen LogP) is 0.840. The Morgan fingerprint density at radius 1 is 1.64 bits per heavy atom. The molecular formula is C8H18N2O. The second-order valence-corrected chi connectivity index (χ2v) is 3.32. The first-order chi connectivity index (χ1) is 5.29. The number of nitrogens with one attached hydrogen (secondary N) is 1. The minimum absolute atomic E-state index is 0.718. The molecule has 3 heteroatoms. The van der Waals surface area contributed by atoms with Gasteiger partial charge in [0.2, 0.25) is 0 Å². The summed E-state index contributed by atoms with van der Waals surface area (Å²) in [7, 11) is 1.70. The molecule has 1 saturated heterocycles. The lowest BCUT2D eigenvalue weighted by atomic mass is 10.1. The highest BCUT2D eigenvalue weighted by Crippen LogP contribution is 2.10. The normalized spacial score (nSPS) is 24.8. The maximum absolute atomic E-state index is 8.84. The summed E-state index contributed by atoms with van der Waals surface area (Å²) in [5.74, 6) is 0. The van der Waals surface area contributed by atoms with Crippen molar-refractivity contribution in [1.29, 1.82) is 0 Å². The summed E-state index contributed by atoms with van der Waals surface area (Å²) >= 11 is 0. The summed E-state index contributed by atoms with van der Waals surface area (Å²) in [5.41, 5.74) is 0. The molecule has 11 heavy (non-hydrogen) atoms. The number of hydrogen-bond donors (Lipinski definition) is 2. The number of nitrogens with zero attached hydrogens (tertiary/aromatic N) is 1. The Balaban J connectivity index is 1.94. The SMILES string of the molecule is CN(O)CCCC1CCCN1. The zero-order chi connectivity index (χ0) is 8.10. The standard InChI is InChI=1S/C8H18N2O/c1-10(11)7-3-5-8-4-2-6-9-8/h8-9,11H,2-7H2,1H3. The van der Waals surface area contributed by atoms with Gasteiger partial charge in [0.05, 0.1) is 0 Å². The Labute approximate surface area is 68.3 Å². The average molecular weight is 158 g/mol. The molecule has 1 heterocycles. The first-order valence-corrected chi connectivity index (χ1v) is 4.42. The van der Waals surface area contributed by atoms with Gasteiger partial charge in [-0.2, -0.15) is 5.06 Å². The van der Waals surface area contributed by atoms with Crippen LogP contribution in [0.5, 0.6) is 0 Å². The molecule has 0 aliphatic carbocycles. The van der Waals surface area contributed by atoms with Gasteiger partial charge in [0, 0.05) is 19.6 Å². The van der Waals surface area contributed by atoms with Gasteiger partial charge in [0.15, 0.2) is 0 Å². The second kappa shape index (κ2) is 4.70. The van der Waals surface area contributed by atoms with Crippen LogP contribution in [0, 0.1) is 0 Å². The summed E-state index contributed by atoms with van der Waals surface area (Å²) in [4.78, 5) is 0. The Kier molecular flexibility index (Phi) is 3.83. The van der Waals surface area contributed by atoms with Crippen LogP contribution in [-0.2, 0) is 0 Å². The number of hydroxylamine groups is 2. The van der Waals surface area contributed by atoms with Crippen molar-refractivity contribution in [3.8, 4) is 0 Å². The fraction of sp³-hybridized carbons (Fsp3) is 1.00. The zero-order valence-electron chi connectivity index (χ0n) is 7.21. The van der Waals surface area contributed by atoms with Crippen molar-refractivity contribution < 1.29 is 5.21 Å². The lowest BCUT2D eigenvalue weighted by Crippen LogP contribution is -2.23. The first kappa shape index (κ1) is 8.97. The zero-order valence-corrected chi connectivity index (χ0v) is 7.21. The molecule has 0 aromatic carbocycles. The van der Waals surface area contributed by atoms with Crippen LogP contribution in [0.15, 0.2) is 0 Å². The summed E-state index contributed by atoms with van der Waals surface area (Å²) in [6.45, 7) is 1.97. The van der Waals surface area contributed by atoms with E-state index < -0.39 is 0 Å². The van der Waals surface area contributed by atoms with E-state index in [9.17, 15) is 0 Å². The largest absolute Gasteiger partial charge is 0.314 e. The molecular weight excluding hydrogens is 140 g/mol. The van der Waals surface area contributed by atoms with Crippen molar-refractivity contribution in [3.05, 3.63) is 0 Å². The first-order valence-electron chi connectivity index (χ1n) is 4.42. The van der Waals surface area contributed by atoms with E-state index in [1.165, 1.54) is 30.9 Å². The highest BCUT2D eigenvalue weighted by atomic mass is 16.5. The van der Waals surface area contributed by atoms with Crippen molar-refractivity contribution in [2.24, 2.45) is 0 Å². The molecule has 66 valence electrons. The third-order valence-electron chi connectivity index (χ3n) is 2.20. The molecule has 1 aliphatic rings. The van der Waals surface area contributed by atoms with Crippen LogP contribution in [-0.4, -0.2) is 36.4 Å². The summed E-state index contributed by atoms with van der Waals surface area (Å²) in [6.07, 6.45) is 4.92. The lowest BCUT2D eigenvalue weighted by Gasteiger charge is -2.11. The highest BCUT2D eigenvalue weighted by molar-refractivity contribution is 4.73. The minimum Gasteiger partial charge on any atom is -0.314 e. The van der Waals surface area contributed by atoms with E-state index in [-0.39, 0.29) is 0 Å². The van der Waals surface area contributed by atoms with Gasteiger partial charge in [-0.25, -0.2) is 0 Å². The predicted molar refractivity (Wildman–Crippen MR) is 44.7 cm³/mol. The van der Waals surface area contributed by atoms with Crippen LogP contribution in [0.2, 0.25) is 0 Å². The van der Waals surface area contributed by atoms with E-state index >= 15 is 0 Å². The Morgan fingerprint density at radius 3 is 3.00 bits per heavy atom. The molecule has 3 nitrogen and oxygen atoms in total. The molecule has 0 bridgehead atoms. The van der Waals surface area contributed by atoms with Gasteiger partial charge in [-0.1, -0.05) is 0 Å². The van der Waals surface area contributed by atoms with E-state index in [0.717, 1.165) is 19.0 Å². The molecule has 0 radical (unpaired) electrons. The maximum Gasteiger partial charge on any atom is 0.0235 e. The van der Waals surface area contributed by atoms with Crippen molar-refractivity contribution >= 4 is 0 Å². The van der Waals surface area contributed by atoms with E-state index in [1.807, 2.05) is 0 Å². The molecule has 1 aliphatic heterocycles. The van der Waals surface area contributed by atoms with Gasteiger partial charge in [-0.15, -0.1) is 0 Å². The topological polar surface area (TPSA) is 35.5 Å². The Morgan fingerprint density at radius 2 is 2.45 bits per heavy atom. The van der Waals surface area contributed by atoms with E-state index in [2.05, 4.69) is 5.32 Å². The van der Waals surface area contributed by atoms with Crippen molar-refractivity contribution in [1.82, 2.24) is 10.4 Å². The third kappa shape index (κ3) is 3.70. The fourth-order valence-corrected chi connectivity index (χ4v) is 1.57. The van der Waals surface area contributed by atoms with Crippen molar-refractivity contribution in [2.45, 2.75) is 31.7 Å². The molecule has 1 unspecified atom stereocenters. The van der Waals surface area contributed by atoms with Gasteiger partial charge in [-0.05, 0) is 32.2 Å². The Bertz CT molecular complexity index is 100. The molecule has 2 N–H and O–H groups in total. The van der Waals surface area contributed by atoms with Gasteiger partial charge in [0.1, 0.15) is 0 Å². The molecule has 0 saturated carbocycles. The summed E-state index contributed by atoms with van der Waals surface area (Å²) in [6, 6.07) is 0.718. The van der Waals surface area contributed by atoms with E-state index in [1.54, 1.807) is 7.05 Å². The molecule has 1 fully saturated rings. The fourth-order valence-electron chi connectivity index (χ4n) is 1.57. The van der Waals surface area contributed by atoms with Gasteiger partial charge in [0.25, 0.3) is 0 Å². The quantitative estimate of drug-likeness (QED) is 0.595. The maximum atomic E-state index is 8.84. The van der Waals surface area contributed by atoms with Crippen molar-refractivity contribution in [2.75, 3.05) is 20.1 Å². The number of rotatable bonds is 4. The van der Waals surface area contributed by atoms with Gasteiger partial charge < -0.3 is 10.5 Å². The van der Waals surface area contributed by atoms with Crippen LogP contribution in [0.1, 0.15) is 25.7 Å². The molecule has 0 amide bonds. The molecule has 0 spiro atoms. The molecule has 1 rings (SSSR count). The third-order valence-corrected chi connectivity index (χ3v) is 2.20. The molecule has 0 aromatic heterocycles. The van der Waals surface area contributed by atoms with Crippen LogP contribution in [0.3, 0.4) is 0 Å². The van der Waals surface area contributed by atoms with Crippen LogP contribution < -0.4 is 5.32 Å². The monoisotopic (exact) mass is 158 g/mol. The molecule has 1 atom stereocenters. The van der Waals surface area contributed by atoms with Crippen LogP contribution in [0.25, 0.3) is 0 Å². The smallest absolute Gasteiger partial charge is 0.0235 e. The highest BCUT2D eigenvalue weighted by Gasteiger charge is 2.12. The summed E-state index contributed by atoms with van der Waals surface area (Å²) in [5, 5.41) is 13.5. The minimum atomic E-state index is 0.718. The summed E-state index contributed by atoms with van der Waals surface area (Å²) < 4.78 is 0. The lowest BCUT2D eigenvalue weighted by molar-refractivity contribution is -0.0658. The van der Waals surface area contributed by atoms with E-state index in [0.29, 0.717) is 0 Å². The van der Waals surface area contributed by atoms with E-state index in [4.69, 9.17) is 5.21 Å². The van der Waals surface area contributed by atoms with Crippen molar-refractivity contribution in [3.63, 3.8) is 0 Å².